The summed E-state index contributed by atoms with van der Waals surface area (Å²) in [6, 6.07) is 23.1. The van der Waals surface area contributed by atoms with Crippen LogP contribution >= 0.6 is 11.8 Å². The summed E-state index contributed by atoms with van der Waals surface area (Å²) in [5.74, 6) is -0.615. The number of carbonyl (C=O) groups excluding carboxylic acids is 3. The molecule has 0 bridgehead atoms. The van der Waals surface area contributed by atoms with Crippen molar-refractivity contribution < 1.29 is 23.5 Å². The number of methoxy groups -OCH3 is 1. The van der Waals surface area contributed by atoms with E-state index < -0.39 is 17.8 Å². The predicted molar refractivity (Wildman–Crippen MR) is 129 cm³/mol. The van der Waals surface area contributed by atoms with Gasteiger partial charge in [0.15, 0.2) is 5.09 Å². The molecule has 4 aromatic rings. The van der Waals surface area contributed by atoms with Crippen LogP contribution in [0.1, 0.15) is 5.76 Å². The molecular weight excluding hydrogens is 452 g/mol. The Morgan fingerprint density at radius 1 is 0.912 bits per heavy atom. The summed E-state index contributed by atoms with van der Waals surface area (Å²) in [5.41, 5.74) is 0.111. The molecule has 34 heavy (non-hydrogen) atoms. The standard InChI is InChI=1S/C26H18N2O5S/c1-32-18-11-9-17(10-12-18)28-25(30)21(24(29)27-26(28)31)15-19-13-14-23(33-19)34-22-8-4-6-16-5-2-3-7-20(16)22/h2-15H,1H3,(H,27,29,31)/b21-15-. The number of benzene rings is 3. The van der Waals surface area contributed by atoms with Gasteiger partial charge in [0.2, 0.25) is 0 Å². The number of anilines is 1. The highest BCUT2D eigenvalue weighted by Crippen LogP contribution is 2.35. The molecule has 0 atom stereocenters. The third-order valence-electron chi connectivity index (χ3n) is 5.28. The lowest BCUT2D eigenvalue weighted by Crippen LogP contribution is -2.54. The first kappa shape index (κ1) is 21.5. The zero-order chi connectivity index (χ0) is 23.7. The van der Waals surface area contributed by atoms with Gasteiger partial charge in [-0.05, 0) is 59.3 Å². The van der Waals surface area contributed by atoms with E-state index in [9.17, 15) is 14.4 Å². The number of hydrogen-bond donors (Lipinski definition) is 1. The Balaban J connectivity index is 1.42. The minimum Gasteiger partial charge on any atom is -0.497 e. The van der Waals surface area contributed by atoms with Crippen molar-refractivity contribution >= 4 is 52.1 Å². The largest absolute Gasteiger partial charge is 0.497 e. The molecule has 0 spiro atoms. The van der Waals surface area contributed by atoms with Gasteiger partial charge in [-0.25, -0.2) is 9.69 Å². The normalized spacial score (nSPS) is 15.1. The van der Waals surface area contributed by atoms with E-state index in [4.69, 9.17) is 9.15 Å². The van der Waals surface area contributed by atoms with E-state index in [2.05, 4.69) is 5.32 Å². The Labute approximate surface area is 199 Å². The number of amides is 4. The van der Waals surface area contributed by atoms with Crippen molar-refractivity contribution in [3.8, 4) is 5.75 Å². The topological polar surface area (TPSA) is 88.8 Å². The molecule has 0 unspecified atom stereocenters. The van der Waals surface area contributed by atoms with Crippen LogP contribution in [0.15, 0.2) is 98.8 Å². The van der Waals surface area contributed by atoms with Crippen LogP contribution in [-0.4, -0.2) is 25.0 Å². The second-order valence-corrected chi connectivity index (χ2v) is 8.44. The molecule has 1 aliphatic rings. The maximum atomic E-state index is 13.0. The number of furan rings is 1. The highest BCUT2D eigenvalue weighted by atomic mass is 32.2. The summed E-state index contributed by atoms with van der Waals surface area (Å²) in [6.45, 7) is 0. The third-order valence-corrected chi connectivity index (χ3v) is 6.28. The fourth-order valence-electron chi connectivity index (χ4n) is 3.63. The van der Waals surface area contributed by atoms with Crippen LogP contribution in [0.2, 0.25) is 0 Å². The Hall–Kier alpha value is -4.30. The molecule has 0 aliphatic carbocycles. The van der Waals surface area contributed by atoms with Crippen molar-refractivity contribution in [3.63, 3.8) is 0 Å². The fourth-order valence-corrected chi connectivity index (χ4v) is 4.56. The molecule has 0 radical (unpaired) electrons. The molecule has 1 aliphatic heterocycles. The summed E-state index contributed by atoms with van der Waals surface area (Å²) in [4.78, 5) is 39.8. The summed E-state index contributed by atoms with van der Waals surface area (Å²) in [7, 11) is 1.52. The van der Waals surface area contributed by atoms with Crippen LogP contribution in [0.4, 0.5) is 10.5 Å². The smallest absolute Gasteiger partial charge is 0.335 e. The summed E-state index contributed by atoms with van der Waals surface area (Å²) >= 11 is 1.45. The second-order valence-electron chi connectivity index (χ2n) is 7.39. The highest BCUT2D eigenvalue weighted by molar-refractivity contribution is 7.99. The lowest BCUT2D eigenvalue weighted by atomic mass is 10.1. The van der Waals surface area contributed by atoms with Gasteiger partial charge in [0.25, 0.3) is 11.8 Å². The van der Waals surface area contributed by atoms with E-state index in [1.165, 1.54) is 24.9 Å². The molecule has 1 saturated heterocycles. The van der Waals surface area contributed by atoms with Crippen molar-refractivity contribution in [3.05, 3.63) is 90.2 Å². The molecule has 0 saturated carbocycles. The first-order valence-electron chi connectivity index (χ1n) is 10.3. The van der Waals surface area contributed by atoms with Gasteiger partial charge in [-0.1, -0.05) is 48.2 Å². The van der Waals surface area contributed by atoms with Crippen molar-refractivity contribution in [2.24, 2.45) is 0 Å². The van der Waals surface area contributed by atoms with E-state index in [1.54, 1.807) is 36.4 Å². The van der Waals surface area contributed by atoms with E-state index >= 15 is 0 Å². The number of rotatable bonds is 5. The molecule has 5 rings (SSSR count). The van der Waals surface area contributed by atoms with Crippen molar-refractivity contribution in [1.82, 2.24) is 5.32 Å². The number of urea groups is 1. The molecule has 4 amide bonds. The maximum absolute atomic E-state index is 13.0. The molecule has 7 nitrogen and oxygen atoms in total. The average molecular weight is 471 g/mol. The predicted octanol–water partition coefficient (Wildman–Crippen LogP) is 5.26. The number of ether oxygens (including phenoxy) is 1. The zero-order valence-electron chi connectivity index (χ0n) is 18.0. The monoisotopic (exact) mass is 470 g/mol. The van der Waals surface area contributed by atoms with Gasteiger partial charge in [0.05, 0.1) is 12.8 Å². The van der Waals surface area contributed by atoms with Gasteiger partial charge in [0.1, 0.15) is 17.1 Å². The molecule has 168 valence electrons. The number of barbiturate groups is 1. The Kier molecular flexibility index (Phi) is 5.65. The van der Waals surface area contributed by atoms with E-state index in [-0.39, 0.29) is 5.57 Å². The minimum absolute atomic E-state index is 0.202. The number of nitrogens with one attached hydrogen (secondary N) is 1. The Morgan fingerprint density at radius 2 is 1.68 bits per heavy atom. The molecule has 3 aromatic carbocycles. The number of nitrogens with zero attached hydrogens (tertiary/aromatic N) is 1. The van der Waals surface area contributed by atoms with Crippen molar-refractivity contribution in [2.45, 2.75) is 9.99 Å². The number of hydrogen-bond acceptors (Lipinski definition) is 6. The second kappa shape index (κ2) is 8.92. The first-order chi connectivity index (χ1) is 16.5. The van der Waals surface area contributed by atoms with Gasteiger partial charge in [-0.15, -0.1) is 0 Å². The maximum Gasteiger partial charge on any atom is 0.335 e. The fraction of sp³-hybridized carbons (Fsp3) is 0.0385. The number of imide groups is 2. The Morgan fingerprint density at radius 3 is 2.47 bits per heavy atom. The Bertz CT molecular complexity index is 1450. The van der Waals surface area contributed by atoms with Gasteiger partial charge in [0, 0.05) is 4.90 Å². The lowest BCUT2D eigenvalue weighted by molar-refractivity contribution is -0.122. The van der Waals surface area contributed by atoms with Crippen LogP contribution in [0.3, 0.4) is 0 Å². The van der Waals surface area contributed by atoms with Crippen LogP contribution in [0.25, 0.3) is 16.8 Å². The third kappa shape index (κ3) is 4.06. The van der Waals surface area contributed by atoms with Crippen LogP contribution in [0, 0.1) is 0 Å². The molecule has 8 heteroatoms. The van der Waals surface area contributed by atoms with E-state index in [0.717, 1.165) is 20.6 Å². The lowest BCUT2D eigenvalue weighted by Gasteiger charge is -2.26. The summed E-state index contributed by atoms with van der Waals surface area (Å²) in [6.07, 6.45) is 1.34. The van der Waals surface area contributed by atoms with Crippen LogP contribution in [-0.2, 0) is 9.59 Å². The average Bonchev–Trinajstić information content (AvgIpc) is 3.29. The number of fused-ring (bicyclic) bond motifs is 1. The zero-order valence-corrected chi connectivity index (χ0v) is 18.8. The van der Waals surface area contributed by atoms with Crippen LogP contribution < -0.4 is 15.0 Å². The quantitative estimate of drug-likeness (QED) is 0.316. The van der Waals surface area contributed by atoms with Gasteiger partial charge < -0.3 is 9.15 Å². The SMILES string of the molecule is COc1ccc(N2C(=O)NC(=O)/C(=C/c3ccc(Sc4cccc5ccccc45)o3)C2=O)cc1. The van der Waals surface area contributed by atoms with Gasteiger partial charge in [-0.2, -0.15) is 0 Å². The van der Waals surface area contributed by atoms with Crippen LogP contribution in [0.5, 0.6) is 5.75 Å². The molecule has 2 heterocycles. The molecule has 1 aromatic heterocycles. The molecular formula is C26H18N2O5S. The van der Waals surface area contributed by atoms with Crippen molar-refractivity contribution in [1.29, 1.82) is 0 Å². The molecule has 1 N–H and O–H groups in total. The first-order valence-corrected chi connectivity index (χ1v) is 11.2. The summed E-state index contributed by atoms with van der Waals surface area (Å²) < 4.78 is 11.0. The van der Waals surface area contributed by atoms with Gasteiger partial charge in [-0.3, -0.25) is 14.9 Å². The van der Waals surface area contributed by atoms with E-state index in [1.807, 2.05) is 42.5 Å². The minimum atomic E-state index is -0.816. The summed E-state index contributed by atoms with van der Waals surface area (Å²) in [5, 5.41) is 5.03. The van der Waals surface area contributed by atoms with Crippen molar-refractivity contribution in [2.75, 3.05) is 12.0 Å². The molecule has 1 fully saturated rings. The highest BCUT2D eigenvalue weighted by Gasteiger charge is 2.37. The van der Waals surface area contributed by atoms with E-state index in [0.29, 0.717) is 22.3 Å². The number of carbonyl (C=O) groups is 3. The van der Waals surface area contributed by atoms with Gasteiger partial charge >= 0.3 is 6.03 Å².